The van der Waals surface area contributed by atoms with E-state index in [1.165, 1.54) is 12.1 Å². The quantitative estimate of drug-likeness (QED) is 0.888. The van der Waals surface area contributed by atoms with Crippen molar-refractivity contribution in [2.75, 3.05) is 24.5 Å². The van der Waals surface area contributed by atoms with Crippen LogP contribution in [0.4, 0.5) is 14.6 Å². The van der Waals surface area contributed by atoms with E-state index in [0.29, 0.717) is 17.5 Å². The van der Waals surface area contributed by atoms with Crippen LogP contribution in [0.15, 0.2) is 36.5 Å². The molecule has 0 spiro atoms. The molecule has 0 atom stereocenters. The monoisotopic (exact) mass is 359 g/mol. The van der Waals surface area contributed by atoms with E-state index in [0.717, 1.165) is 43.7 Å². The van der Waals surface area contributed by atoms with Gasteiger partial charge in [0.05, 0.1) is 5.56 Å². The third-order valence-electron chi connectivity index (χ3n) is 4.81. The van der Waals surface area contributed by atoms with Gasteiger partial charge in [-0.15, -0.1) is 0 Å². The molecule has 1 amide bonds. The van der Waals surface area contributed by atoms with Gasteiger partial charge in [-0.3, -0.25) is 4.79 Å². The van der Waals surface area contributed by atoms with E-state index in [2.05, 4.69) is 22.1 Å². The predicted molar refractivity (Wildman–Crippen MR) is 97.2 cm³/mol. The normalized spacial score (nSPS) is 15.1. The molecule has 2 aromatic rings. The minimum absolute atomic E-state index is 0.251. The summed E-state index contributed by atoms with van der Waals surface area (Å²) in [7, 11) is 0. The molecule has 1 aromatic carbocycles. The SMILES string of the molecule is CC1CCN(c2ccc(C(=O)NCCc3ccc(F)cc3F)cn2)CC1. The number of benzene rings is 1. The molecule has 1 aliphatic rings. The van der Waals surface area contributed by atoms with E-state index in [1.807, 2.05) is 6.07 Å². The van der Waals surface area contributed by atoms with Gasteiger partial charge in [-0.05, 0) is 48.9 Å². The van der Waals surface area contributed by atoms with Crippen molar-refractivity contribution in [3.8, 4) is 0 Å². The molecule has 26 heavy (non-hydrogen) atoms. The fraction of sp³-hybridized carbons (Fsp3) is 0.400. The lowest BCUT2D eigenvalue weighted by atomic mass is 9.99. The lowest BCUT2D eigenvalue weighted by Gasteiger charge is -2.31. The minimum atomic E-state index is -0.607. The van der Waals surface area contributed by atoms with Gasteiger partial charge in [-0.2, -0.15) is 0 Å². The van der Waals surface area contributed by atoms with Crippen LogP contribution < -0.4 is 10.2 Å². The van der Waals surface area contributed by atoms with Crippen molar-refractivity contribution < 1.29 is 13.6 Å². The summed E-state index contributed by atoms with van der Waals surface area (Å²) in [5, 5.41) is 2.74. The van der Waals surface area contributed by atoms with Gasteiger partial charge in [0, 0.05) is 31.9 Å². The standard InChI is InChI=1S/C20H23F2N3O/c1-14-7-10-25(11-8-14)19-5-3-16(13-24-19)20(26)23-9-6-15-2-4-17(21)12-18(15)22/h2-5,12-14H,6-11H2,1H3,(H,23,26). The molecule has 0 unspecified atom stereocenters. The number of carbonyl (C=O) groups excluding carboxylic acids is 1. The molecule has 1 saturated heterocycles. The number of carbonyl (C=O) groups is 1. The highest BCUT2D eigenvalue weighted by Gasteiger charge is 2.17. The van der Waals surface area contributed by atoms with E-state index in [9.17, 15) is 13.6 Å². The molecule has 3 rings (SSSR count). The largest absolute Gasteiger partial charge is 0.357 e. The van der Waals surface area contributed by atoms with Gasteiger partial charge in [0.1, 0.15) is 17.5 Å². The molecule has 138 valence electrons. The van der Waals surface area contributed by atoms with E-state index in [-0.39, 0.29) is 12.5 Å². The van der Waals surface area contributed by atoms with E-state index < -0.39 is 11.6 Å². The number of piperidine rings is 1. The summed E-state index contributed by atoms with van der Waals surface area (Å²) < 4.78 is 26.5. The molecule has 2 heterocycles. The average molecular weight is 359 g/mol. The maximum atomic E-state index is 13.6. The predicted octanol–water partition coefficient (Wildman–Crippen LogP) is 3.57. The molecule has 0 aliphatic carbocycles. The number of aromatic nitrogens is 1. The van der Waals surface area contributed by atoms with Crippen LogP contribution in [0.25, 0.3) is 0 Å². The molecule has 1 N–H and O–H groups in total. The summed E-state index contributed by atoms with van der Waals surface area (Å²) in [4.78, 5) is 18.8. The Morgan fingerprint density at radius 2 is 2.00 bits per heavy atom. The van der Waals surface area contributed by atoms with Crippen LogP contribution >= 0.6 is 0 Å². The fourth-order valence-electron chi connectivity index (χ4n) is 3.08. The molecule has 4 nitrogen and oxygen atoms in total. The second-order valence-electron chi connectivity index (χ2n) is 6.82. The molecule has 0 bridgehead atoms. The van der Waals surface area contributed by atoms with Crippen LogP contribution in [0.2, 0.25) is 0 Å². The Hall–Kier alpha value is -2.50. The van der Waals surface area contributed by atoms with E-state index in [1.54, 1.807) is 12.3 Å². The number of nitrogens with zero attached hydrogens (tertiary/aromatic N) is 2. The van der Waals surface area contributed by atoms with Crippen molar-refractivity contribution in [1.82, 2.24) is 10.3 Å². The Bertz CT molecular complexity index is 756. The maximum absolute atomic E-state index is 13.6. The second kappa shape index (κ2) is 8.25. The Morgan fingerprint density at radius 3 is 2.65 bits per heavy atom. The van der Waals surface area contributed by atoms with Gasteiger partial charge in [0.2, 0.25) is 0 Å². The van der Waals surface area contributed by atoms with Crippen LogP contribution in [0.3, 0.4) is 0 Å². The zero-order chi connectivity index (χ0) is 18.5. The van der Waals surface area contributed by atoms with Crippen molar-refractivity contribution in [3.63, 3.8) is 0 Å². The Kier molecular flexibility index (Phi) is 5.81. The first-order valence-electron chi connectivity index (χ1n) is 8.96. The van der Waals surface area contributed by atoms with Crippen molar-refractivity contribution in [2.45, 2.75) is 26.2 Å². The smallest absolute Gasteiger partial charge is 0.252 e. The van der Waals surface area contributed by atoms with Crippen molar-refractivity contribution in [1.29, 1.82) is 0 Å². The Labute approximate surface area is 152 Å². The van der Waals surface area contributed by atoms with Crippen LogP contribution in [0.1, 0.15) is 35.7 Å². The summed E-state index contributed by atoms with van der Waals surface area (Å²) >= 11 is 0. The summed E-state index contributed by atoms with van der Waals surface area (Å²) in [6.07, 6.45) is 4.18. The minimum Gasteiger partial charge on any atom is -0.357 e. The van der Waals surface area contributed by atoms with Gasteiger partial charge < -0.3 is 10.2 Å². The second-order valence-corrected chi connectivity index (χ2v) is 6.82. The molecule has 1 fully saturated rings. The zero-order valence-corrected chi connectivity index (χ0v) is 14.8. The van der Waals surface area contributed by atoms with Gasteiger partial charge in [-0.25, -0.2) is 13.8 Å². The maximum Gasteiger partial charge on any atom is 0.252 e. The number of pyridine rings is 1. The first-order chi connectivity index (χ1) is 12.5. The zero-order valence-electron chi connectivity index (χ0n) is 14.8. The molecule has 1 aromatic heterocycles. The first-order valence-corrected chi connectivity index (χ1v) is 8.96. The average Bonchev–Trinajstić information content (AvgIpc) is 2.64. The van der Waals surface area contributed by atoms with Crippen LogP contribution in [-0.4, -0.2) is 30.5 Å². The summed E-state index contributed by atoms with van der Waals surface area (Å²) in [6.45, 7) is 4.51. The molecule has 0 saturated carbocycles. The molecule has 6 heteroatoms. The molecular weight excluding hydrogens is 336 g/mol. The number of amides is 1. The highest BCUT2D eigenvalue weighted by atomic mass is 19.1. The number of hydrogen-bond donors (Lipinski definition) is 1. The first kappa shape index (κ1) is 18.3. The van der Waals surface area contributed by atoms with Gasteiger partial charge in [-0.1, -0.05) is 13.0 Å². The van der Waals surface area contributed by atoms with E-state index in [4.69, 9.17) is 0 Å². The fourth-order valence-corrected chi connectivity index (χ4v) is 3.08. The Balaban J connectivity index is 1.51. The third kappa shape index (κ3) is 4.56. The van der Waals surface area contributed by atoms with Gasteiger partial charge in [0.15, 0.2) is 0 Å². The van der Waals surface area contributed by atoms with Crippen molar-refractivity contribution in [3.05, 3.63) is 59.3 Å². The van der Waals surface area contributed by atoms with E-state index >= 15 is 0 Å². The third-order valence-corrected chi connectivity index (χ3v) is 4.81. The summed E-state index contributed by atoms with van der Waals surface area (Å²) in [5.41, 5.74) is 0.846. The van der Waals surface area contributed by atoms with Crippen molar-refractivity contribution in [2.24, 2.45) is 5.92 Å². The summed E-state index contributed by atoms with van der Waals surface area (Å²) in [6, 6.07) is 7.08. The lowest BCUT2D eigenvalue weighted by Crippen LogP contribution is -2.33. The molecule has 1 aliphatic heterocycles. The van der Waals surface area contributed by atoms with Gasteiger partial charge in [0.25, 0.3) is 5.91 Å². The highest BCUT2D eigenvalue weighted by Crippen LogP contribution is 2.21. The molecule has 0 radical (unpaired) electrons. The number of halogens is 2. The number of rotatable bonds is 5. The van der Waals surface area contributed by atoms with Crippen LogP contribution in [-0.2, 0) is 6.42 Å². The van der Waals surface area contributed by atoms with Crippen molar-refractivity contribution >= 4 is 11.7 Å². The van der Waals surface area contributed by atoms with Crippen LogP contribution in [0.5, 0.6) is 0 Å². The summed E-state index contributed by atoms with van der Waals surface area (Å²) in [5.74, 6) is 0.189. The topological polar surface area (TPSA) is 45.2 Å². The van der Waals surface area contributed by atoms with Gasteiger partial charge >= 0.3 is 0 Å². The Morgan fingerprint density at radius 1 is 1.23 bits per heavy atom. The molecular formula is C20H23F2N3O. The number of hydrogen-bond acceptors (Lipinski definition) is 3. The number of anilines is 1. The number of nitrogens with one attached hydrogen (secondary N) is 1. The highest BCUT2D eigenvalue weighted by molar-refractivity contribution is 5.94. The lowest BCUT2D eigenvalue weighted by molar-refractivity contribution is 0.0953. The van der Waals surface area contributed by atoms with Crippen LogP contribution in [0, 0.1) is 17.6 Å².